The second kappa shape index (κ2) is 10.1. The molecule has 0 spiro atoms. The molecular formula is C33H29FN4O2. The van der Waals surface area contributed by atoms with Gasteiger partial charge < -0.3 is 10.2 Å². The van der Waals surface area contributed by atoms with Crippen molar-refractivity contribution in [1.82, 2.24) is 14.9 Å². The van der Waals surface area contributed by atoms with Crippen LogP contribution in [0.5, 0.6) is 0 Å². The molecule has 5 aromatic rings. The fourth-order valence-electron chi connectivity index (χ4n) is 5.41. The van der Waals surface area contributed by atoms with Crippen molar-refractivity contribution in [1.29, 1.82) is 0 Å². The van der Waals surface area contributed by atoms with Crippen LogP contribution in [0.4, 0.5) is 10.1 Å². The van der Waals surface area contributed by atoms with Crippen molar-refractivity contribution in [3.63, 3.8) is 0 Å². The molecule has 1 aliphatic rings. The van der Waals surface area contributed by atoms with Gasteiger partial charge in [0.1, 0.15) is 5.82 Å². The smallest absolute Gasteiger partial charge is 0.261 e. The molecule has 1 aliphatic carbocycles. The van der Waals surface area contributed by atoms with E-state index in [9.17, 15) is 14.0 Å². The number of amides is 2. The quantitative estimate of drug-likeness (QED) is 0.270. The fourth-order valence-corrected chi connectivity index (χ4v) is 5.41. The number of pyridine rings is 1. The summed E-state index contributed by atoms with van der Waals surface area (Å²) in [5.41, 5.74) is 5.84. The molecule has 6 rings (SSSR count). The van der Waals surface area contributed by atoms with Crippen LogP contribution in [0.25, 0.3) is 16.6 Å². The van der Waals surface area contributed by atoms with Gasteiger partial charge in [-0.3, -0.25) is 9.59 Å². The Morgan fingerprint density at radius 2 is 1.73 bits per heavy atom. The Kier molecular flexibility index (Phi) is 6.42. The Bertz CT molecular complexity index is 1720. The van der Waals surface area contributed by atoms with Crippen LogP contribution in [0.2, 0.25) is 0 Å². The van der Waals surface area contributed by atoms with Crippen molar-refractivity contribution in [2.75, 3.05) is 11.9 Å². The van der Waals surface area contributed by atoms with Crippen LogP contribution in [0.3, 0.4) is 0 Å². The van der Waals surface area contributed by atoms with Gasteiger partial charge in [-0.2, -0.15) is 5.10 Å². The molecule has 1 fully saturated rings. The molecule has 2 aromatic heterocycles. The highest BCUT2D eigenvalue weighted by molar-refractivity contribution is 6.10. The van der Waals surface area contributed by atoms with Gasteiger partial charge in [-0.15, -0.1) is 0 Å². The summed E-state index contributed by atoms with van der Waals surface area (Å²) in [7, 11) is 1.65. The molecule has 3 aromatic carbocycles. The molecule has 1 saturated carbocycles. The first kappa shape index (κ1) is 25.5. The zero-order valence-corrected chi connectivity index (χ0v) is 22.4. The molecule has 40 heavy (non-hydrogen) atoms. The second-order valence-electron chi connectivity index (χ2n) is 10.4. The van der Waals surface area contributed by atoms with E-state index in [1.54, 1.807) is 29.9 Å². The molecule has 1 N–H and O–H groups in total. The first-order chi connectivity index (χ1) is 19.3. The Hall–Kier alpha value is -4.78. The second-order valence-corrected chi connectivity index (χ2v) is 10.4. The number of anilines is 1. The number of nitrogens with one attached hydrogen (secondary N) is 1. The van der Waals surface area contributed by atoms with Crippen molar-refractivity contribution in [2.45, 2.75) is 31.7 Å². The minimum absolute atomic E-state index is 0.105. The number of rotatable bonds is 6. The molecule has 0 saturated heterocycles. The third-order valence-electron chi connectivity index (χ3n) is 7.97. The van der Waals surface area contributed by atoms with E-state index in [-0.39, 0.29) is 23.2 Å². The van der Waals surface area contributed by atoms with E-state index in [2.05, 4.69) is 22.5 Å². The van der Waals surface area contributed by atoms with E-state index in [1.165, 1.54) is 17.0 Å². The molecule has 0 bridgehead atoms. The Labute approximate surface area is 232 Å². The summed E-state index contributed by atoms with van der Waals surface area (Å²) in [6.07, 6.45) is 6.27. The maximum Gasteiger partial charge on any atom is 0.261 e. The summed E-state index contributed by atoms with van der Waals surface area (Å²) >= 11 is 0. The van der Waals surface area contributed by atoms with Crippen molar-refractivity contribution >= 4 is 23.0 Å². The number of benzene rings is 3. The van der Waals surface area contributed by atoms with Crippen LogP contribution in [-0.4, -0.2) is 28.5 Å². The van der Waals surface area contributed by atoms with E-state index < -0.39 is 0 Å². The summed E-state index contributed by atoms with van der Waals surface area (Å²) in [5.74, 6) is -0.721. The number of aryl methyl sites for hydroxylation is 1. The lowest BCUT2D eigenvalue weighted by atomic mass is 9.71. The van der Waals surface area contributed by atoms with Crippen LogP contribution in [0.1, 0.15) is 51.1 Å². The molecule has 7 heteroatoms. The van der Waals surface area contributed by atoms with E-state index >= 15 is 0 Å². The van der Waals surface area contributed by atoms with E-state index in [0.717, 1.165) is 41.5 Å². The van der Waals surface area contributed by atoms with Gasteiger partial charge in [-0.25, -0.2) is 8.91 Å². The van der Waals surface area contributed by atoms with E-state index in [0.29, 0.717) is 22.3 Å². The lowest BCUT2D eigenvalue weighted by molar-refractivity contribution is 0.0823. The third kappa shape index (κ3) is 4.53. The molecular weight excluding hydrogens is 503 g/mol. The number of halogens is 1. The molecule has 200 valence electrons. The first-order valence-electron chi connectivity index (χ1n) is 13.3. The molecule has 2 heterocycles. The number of nitrogens with zero attached hydrogens (tertiary/aromatic N) is 3. The van der Waals surface area contributed by atoms with Crippen LogP contribution < -0.4 is 10.2 Å². The van der Waals surface area contributed by atoms with Crippen molar-refractivity contribution in [2.24, 2.45) is 0 Å². The predicted molar refractivity (Wildman–Crippen MR) is 154 cm³/mol. The van der Waals surface area contributed by atoms with E-state index in [1.807, 2.05) is 61.7 Å². The largest absolute Gasteiger partial charge is 0.343 e. The van der Waals surface area contributed by atoms with E-state index in [4.69, 9.17) is 0 Å². The monoisotopic (exact) mass is 532 g/mol. The lowest BCUT2D eigenvalue weighted by Crippen LogP contribution is -2.50. The highest BCUT2D eigenvalue weighted by Crippen LogP contribution is 2.41. The van der Waals surface area contributed by atoms with Gasteiger partial charge in [0.2, 0.25) is 0 Å². The molecule has 0 aliphatic heterocycles. The maximum absolute atomic E-state index is 13.5. The number of carbonyl (C=O) groups excluding carboxylic acids is 2. The van der Waals surface area contributed by atoms with Crippen LogP contribution in [0, 0.1) is 12.7 Å². The Morgan fingerprint density at radius 3 is 2.42 bits per heavy atom. The normalized spacial score (nSPS) is 14.0. The lowest BCUT2D eigenvalue weighted by Gasteiger charge is -2.43. The number of hydrogen-bond acceptors (Lipinski definition) is 3. The number of hydrogen-bond donors (Lipinski definition) is 1. The summed E-state index contributed by atoms with van der Waals surface area (Å²) in [6, 6.07) is 25.5. The Morgan fingerprint density at radius 1 is 0.975 bits per heavy atom. The highest BCUT2D eigenvalue weighted by atomic mass is 19.1. The van der Waals surface area contributed by atoms with Gasteiger partial charge in [0.15, 0.2) is 0 Å². The molecule has 0 radical (unpaired) electrons. The summed E-state index contributed by atoms with van der Waals surface area (Å²) in [6.45, 7) is 2.00. The summed E-state index contributed by atoms with van der Waals surface area (Å²) < 4.78 is 15.0. The number of aromatic nitrogens is 2. The molecule has 0 unspecified atom stereocenters. The van der Waals surface area contributed by atoms with Gasteiger partial charge in [0.25, 0.3) is 11.8 Å². The Balaban J connectivity index is 1.31. The predicted octanol–water partition coefficient (Wildman–Crippen LogP) is 6.53. The van der Waals surface area contributed by atoms with Gasteiger partial charge >= 0.3 is 0 Å². The van der Waals surface area contributed by atoms with Crippen LogP contribution >= 0.6 is 0 Å². The molecule has 0 atom stereocenters. The van der Waals surface area contributed by atoms with Gasteiger partial charge in [-0.05, 0) is 97.0 Å². The average Bonchev–Trinajstić information content (AvgIpc) is 3.38. The topological polar surface area (TPSA) is 66.7 Å². The highest BCUT2D eigenvalue weighted by Gasteiger charge is 2.40. The number of fused-ring (bicyclic) bond motifs is 1. The van der Waals surface area contributed by atoms with Crippen LogP contribution in [-0.2, 0) is 5.54 Å². The minimum atomic E-state index is -0.362. The standard InChI is InChI=1S/C33H29FN4O2/c1-22-9-10-24(31(39)36-33(16-6-17-33)25-7-4-3-5-8-25)19-28(22)23-15-18-38-30(20-23)29(21-35-38)32(40)37(2)27-13-11-26(34)12-14-27/h3-5,7-15,18-21H,6,16-17H2,1-2H3,(H,36,39). The van der Waals surface area contributed by atoms with Crippen molar-refractivity contribution in [3.05, 3.63) is 125 Å². The SMILES string of the molecule is Cc1ccc(C(=O)NC2(c3ccccc3)CCC2)cc1-c1ccn2ncc(C(=O)N(C)c3ccc(F)cc3)c2c1. The zero-order valence-electron chi connectivity index (χ0n) is 22.4. The zero-order chi connectivity index (χ0) is 27.9. The first-order valence-corrected chi connectivity index (χ1v) is 13.3. The van der Waals surface area contributed by atoms with Crippen molar-refractivity contribution < 1.29 is 14.0 Å². The number of carbonyl (C=O) groups is 2. The van der Waals surface area contributed by atoms with Crippen molar-refractivity contribution in [3.8, 4) is 11.1 Å². The fraction of sp³-hybridized carbons (Fsp3) is 0.182. The van der Waals surface area contributed by atoms with Gasteiger partial charge in [0, 0.05) is 24.5 Å². The summed E-state index contributed by atoms with van der Waals surface area (Å²) in [4.78, 5) is 28.3. The van der Waals surface area contributed by atoms with Gasteiger partial charge in [0.05, 0.1) is 22.8 Å². The summed E-state index contributed by atoms with van der Waals surface area (Å²) in [5, 5.41) is 7.68. The van der Waals surface area contributed by atoms with Gasteiger partial charge in [-0.1, -0.05) is 36.4 Å². The maximum atomic E-state index is 13.5. The minimum Gasteiger partial charge on any atom is -0.343 e. The molecule has 2 amide bonds. The molecule has 6 nitrogen and oxygen atoms in total. The average molecular weight is 533 g/mol. The van der Waals surface area contributed by atoms with Crippen LogP contribution in [0.15, 0.2) is 97.3 Å². The third-order valence-corrected chi connectivity index (χ3v) is 7.97.